The topological polar surface area (TPSA) is 66.2 Å². The van der Waals surface area contributed by atoms with Gasteiger partial charge in [0.05, 0.1) is 28.9 Å². The number of carbonyl (C=O) groups is 1. The Hall–Kier alpha value is -2.39. The number of hydrogen-bond donors (Lipinski definition) is 0. The van der Waals surface area contributed by atoms with Crippen molar-refractivity contribution >= 4 is 22.4 Å². The van der Waals surface area contributed by atoms with E-state index in [9.17, 15) is 4.79 Å². The van der Waals surface area contributed by atoms with Crippen LogP contribution in [0.2, 0.25) is 0 Å². The van der Waals surface area contributed by atoms with E-state index in [-0.39, 0.29) is 0 Å². The van der Waals surface area contributed by atoms with Gasteiger partial charge in [0, 0.05) is 6.42 Å². The highest BCUT2D eigenvalue weighted by Crippen LogP contribution is 2.32. The smallest absolute Gasteiger partial charge is 0.415 e. The summed E-state index contributed by atoms with van der Waals surface area (Å²) in [6.07, 6.45) is 0.463. The lowest BCUT2D eigenvalue weighted by Crippen LogP contribution is -2.36. The highest BCUT2D eigenvalue weighted by Gasteiger charge is 2.27. The molecule has 2 rings (SSSR count). The van der Waals surface area contributed by atoms with E-state index in [1.807, 2.05) is 39.8 Å². The second kappa shape index (κ2) is 8.53. The van der Waals surface area contributed by atoms with Crippen molar-refractivity contribution in [3.8, 4) is 6.07 Å². The third-order valence-electron chi connectivity index (χ3n) is 3.66. The van der Waals surface area contributed by atoms with Crippen LogP contribution in [0.25, 0.3) is 0 Å². The van der Waals surface area contributed by atoms with Crippen LogP contribution in [0.1, 0.15) is 56.4 Å². The molecule has 0 saturated heterocycles. The van der Waals surface area contributed by atoms with Crippen LogP contribution in [-0.4, -0.2) is 16.7 Å². The molecule has 0 unspecified atom stereocenters. The zero-order valence-corrected chi connectivity index (χ0v) is 17.7. The summed E-state index contributed by atoms with van der Waals surface area (Å²) in [5.41, 5.74) is 1.66. The quantitative estimate of drug-likeness (QED) is 0.685. The van der Waals surface area contributed by atoms with Crippen LogP contribution in [0.4, 0.5) is 9.80 Å². The number of anilines is 1. The lowest BCUT2D eigenvalue weighted by molar-refractivity contribution is 0.0578. The van der Waals surface area contributed by atoms with Crippen LogP contribution in [0.15, 0.2) is 24.3 Å². The van der Waals surface area contributed by atoms with Crippen molar-refractivity contribution in [2.45, 2.75) is 60.1 Å². The molecule has 5 nitrogen and oxygen atoms in total. The molecule has 0 aliphatic carbocycles. The number of carbonyl (C=O) groups excluding carboxylic acids is 1. The van der Waals surface area contributed by atoms with Crippen molar-refractivity contribution < 1.29 is 9.53 Å². The van der Waals surface area contributed by atoms with E-state index in [1.54, 1.807) is 17.0 Å². The Morgan fingerprint density at radius 3 is 2.67 bits per heavy atom. The summed E-state index contributed by atoms with van der Waals surface area (Å²) < 4.78 is 5.63. The minimum atomic E-state index is -0.594. The Balaban J connectivity index is 2.39. The van der Waals surface area contributed by atoms with Crippen molar-refractivity contribution in [3.05, 3.63) is 46.1 Å². The number of rotatable bonds is 5. The van der Waals surface area contributed by atoms with Crippen molar-refractivity contribution in [2.24, 2.45) is 5.92 Å². The largest absolute Gasteiger partial charge is 0.443 e. The number of nitriles is 1. The van der Waals surface area contributed by atoms with Gasteiger partial charge < -0.3 is 4.74 Å². The second-order valence-electron chi connectivity index (χ2n) is 7.97. The van der Waals surface area contributed by atoms with E-state index < -0.39 is 11.7 Å². The van der Waals surface area contributed by atoms with E-state index in [2.05, 4.69) is 24.9 Å². The Labute approximate surface area is 165 Å². The maximum absolute atomic E-state index is 12.9. The molecule has 1 aromatic heterocycles. The molecule has 2 aromatic rings. The van der Waals surface area contributed by atoms with Gasteiger partial charge in [-0.15, -0.1) is 11.3 Å². The average molecular weight is 386 g/mol. The summed E-state index contributed by atoms with van der Waals surface area (Å²) in [7, 11) is 0. The normalized spacial score (nSPS) is 11.3. The van der Waals surface area contributed by atoms with E-state index in [0.717, 1.165) is 27.7 Å². The molecule has 0 bridgehead atoms. The summed E-state index contributed by atoms with van der Waals surface area (Å²) in [5.74, 6) is 0.491. The minimum Gasteiger partial charge on any atom is -0.443 e. The second-order valence-corrected chi connectivity index (χ2v) is 9.04. The average Bonchev–Trinajstić information content (AvgIpc) is 2.90. The summed E-state index contributed by atoms with van der Waals surface area (Å²) >= 11 is 1.53. The van der Waals surface area contributed by atoms with Gasteiger partial charge in [0.15, 0.2) is 0 Å². The van der Waals surface area contributed by atoms with Gasteiger partial charge in [0.2, 0.25) is 0 Å². The monoisotopic (exact) mass is 385 g/mol. The van der Waals surface area contributed by atoms with Crippen LogP contribution >= 0.6 is 11.3 Å². The molecule has 0 radical (unpaired) electrons. The number of aromatic nitrogens is 1. The summed E-state index contributed by atoms with van der Waals surface area (Å²) in [6, 6.07) is 9.42. The summed E-state index contributed by atoms with van der Waals surface area (Å²) in [6.45, 7) is 12.1. The molecule has 0 fully saturated rings. The first-order valence-electron chi connectivity index (χ1n) is 9.05. The number of hydrogen-bond acceptors (Lipinski definition) is 5. The van der Waals surface area contributed by atoms with Crippen molar-refractivity contribution in [1.82, 2.24) is 4.98 Å². The SMILES string of the molecule is Cc1nc(CC(C)C)sc1N(Cc1cccc(C#N)c1)C(=O)OC(C)(C)C. The molecule has 0 atom stereocenters. The lowest BCUT2D eigenvalue weighted by Gasteiger charge is -2.27. The Morgan fingerprint density at radius 2 is 2.07 bits per heavy atom. The zero-order chi connectivity index (χ0) is 20.2. The lowest BCUT2D eigenvalue weighted by atomic mass is 10.1. The molecule has 0 aliphatic rings. The molecule has 0 aliphatic heterocycles. The van der Waals surface area contributed by atoms with Crippen LogP contribution in [0.5, 0.6) is 0 Å². The highest BCUT2D eigenvalue weighted by atomic mass is 32.1. The predicted octanol–water partition coefficient (Wildman–Crippen LogP) is 5.46. The molecular formula is C21H27N3O2S. The number of nitrogens with zero attached hydrogens (tertiary/aromatic N) is 3. The van der Waals surface area contributed by atoms with Crippen LogP contribution < -0.4 is 4.90 Å². The fraction of sp³-hybridized carbons (Fsp3) is 0.476. The number of benzene rings is 1. The third-order valence-corrected chi connectivity index (χ3v) is 4.86. The molecule has 27 heavy (non-hydrogen) atoms. The van der Waals surface area contributed by atoms with Gasteiger partial charge in [0.1, 0.15) is 10.6 Å². The minimum absolute atomic E-state index is 0.328. The number of amides is 1. The Morgan fingerprint density at radius 1 is 1.37 bits per heavy atom. The fourth-order valence-corrected chi connectivity index (χ4v) is 3.85. The maximum atomic E-state index is 12.9. The zero-order valence-electron chi connectivity index (χ0n) is 16.9. The van der Waals surface area contributed by atoms with E-state index >= 15 is 0 Å². The first kappa shape index (κ1) is 20.9. The van der Waals surface area contributed by atoms with Gasteiger partial charge in [-0.2, -0.15) is 5.26 Å². The van der Waals surface area contributed by atoms with Gasteiger partial charge >= 0.3 is 6.09 Å². The highest BCUT2D eigenvalue weighted by molar-refractivity contribution is 7.16. The van der Waals surface area contributed by atoms with E-state index in [4.69, 9.17) is 10.00 Å². The first-order valence-corrected chi connectivity index (χ1v) is 9.86. The van der Waals surface area contributed by atoms with Gasteiger partial charge in [-0.25, -0.2) is 9.78 Å². The van der Waals surface area contributed by atoms with Crippen molar-refractivity contribution in [2.75, 3.05) is 4.90 Å². The van der Waals surface area contributed by atoms with Crippen LogP contribution in [-0.2, 0) is 17.7 Å². The van der Waals surface area contributed by atoms with Crippen LogP contribution in [0.3, 0.4) is 0 Å². The molecule has 1 amide bonds. The van der Waals surface area contributed by atoms with Crippen LogP contribution in [0, 0.1) is 24.2 Å². The first-order chi connectivity index (χ1) is 12.6. The summed E-state index contributed by atoms with van der Waals surface area (Å²) in [5, 5.41) is 10.9. The Kier molecular flexibility index (Phi) is 6.61. The number of aryl methyl sites for hydroxylation is 1. The fourth-order valence-electron chi connectivity index (χ4n) is 2.59. The van der Waals surface area contributed by atoms with Crippen molar-refractivity contribution in [1.29, 1.82) is 5.26 Å². The predicted molar refractivity (Wildman–Crippen MR) is 109 cm³/mol. The third kappa shape index (κ3) is 6.07. The molecule has 0 saturated carbocycles. The molecule has 0 N–H and O–H groups in total. The maximum Gasteiger partial charge on any atom is 0.415 e. The van der Waals surface area contributed by atoms with E-state index in [1.165, 1.54) is 11.3 Å². The molecule has 1 heterocycles. The Bertz CT molecular complexity index is 844. The summed E-state index contributed by atoms with van der Waals surface area (Å²) in [4.78, 5) is 19.2. The standard InChI is InChI=1S/C21H27N3O2S/c1-14(2)10-18-23-15(3)19(27-18)24(20(25)26-21(4,5)6)13-17-9-7-8-16(11-17)12-22/h7-9,11,14H,10,13H2,1-6H3. The molecule has 0 spiro atoms. The van der Waals surface area contributed by atoms with Gasteiger partial charge in [-0.3, -0.25) is 4.90 Å². The van der Waals surface area contributed by atoms with Gasteiger partial charge in [-0.1, -0.05) is 26.0 Å². The van der Waals surface area contributed by atoms with Gasteiger partial charge in [-0.05, 0) is 51.3 Å². The molecular weight excluding hydrogens is 358 g/mol. The van der Waals surface area contributed by atoms with Gasteiger partial charge in [0.25, 0.3) is 0 Å². The molecule has 6 heteroatoms. The van der Waals surface area contributed by atoms with Crippen molar-refractivity contribution in [3.63, 3.8) is 0 Å². The molecule has 144 valence electrons. The number of thiazole rings is 1. The number of ether oxygens (including phenoxy) is 1. The van der Waals surface area contributed by atoms with E-state index in [0.29, 0.717) is 18.0 Å². The molecule has 1 aromatic carbocycles.